The molecule has 2 aromatic rings. The van der Waals surface area contributed by atoms with Crippen LogP contribution >= 0.6 is 12.4 Å². The van der Waals surface area contributed by atoms with Gasteiger partial charge in [0.15, 0.2) is 0 Å². The third-order valence-electron chi connectivity index (χ3n) is 6.28. The minimum atomic E-state index is -5.04. The first-order chi connectivity index (χ1) is 16.8. The fourth-order valence-corrected chi connectivity index (χ4v) is 4.21. The summed E-state index contributed by atoms with van der Waals surface area (Å²) in [7, 11) is 1.63. The van der Waals surface area contributed by atoms with Crippen molar-refractivity contribution in [3.05, 3.63) is 70.8 Å². The fourth-order valence-electron chi connectivity index (χ4n) is 4.21. The number of amides is 2. The van der Waals surface area contributed by atoms with Crippen molar-refractivity contribution in [2.24, 2.45) is 0 Å². The summed E-state index contributed by atoms with van der Waals surface area (Å²) in [6.07, 6.45) is -8.87. The Hall–Kier alpha value is -2.79. The number of likely N-dealkylation sites (tertiary alicyclic amines) is 1. The number of alkyl halides is 6. The lowest BCUT2D eigenvalue weighted by molar-refractivity contribution is -0.143. The molecule has 1 saturated heterocycles. The Morgan fingerprint density at radius 1 is 1.00 bits per heavy atom. The zero-order valence-corrected chi connectivity index (χ0v) is 21.0. The summed E-state index contributed by atoms with van der Waals surface area (Å²) in [6, 6.07) is 9.51. The monoisotopic (exact) mass is 551 g/mol. The van der Waals surface area contributed by atoms with Crippen molar-refractivity contribution in [3.8, 4) is 0 Å². The standard InChI is InChI=1S/C25H27F6N3O2.ClH/c1-16(35)33(2)15-32-21-8-9-34(22(14-21)10-17-6-4-3-5-7-17)23(36)18-11-19(24(26,27)28)13-20(12-18)25(29,30)31;/h3-7,11-13,21-22,32H,8-10,14-15H2,1-2H3;1H. The highest BCUT2D eigenvalue weighted by atomic mass is 35.5. The smallest absolute Gasteiger partial charge is 0.335 e. The molecule has 5 nitrogen and oxygen atoms in total. The topological polar surface area (TPSA) is 52.7 Å². The van der Waals surface area contributed by atoms with Gasteiger partial charge in [0.1, 0.15) is 0 Å². The quantitative estimate of drug-likeness (QED) is 0.387. The fraction of sp³-hybridized carbons (Fsp3) is 0.440. The summed E-state index contributed by atoms with van der Waals surface area (Å²) in [5.41, 5.74) is -2.83. The van der Waals surface area contributed by atoms with Crippen LogP contribution in [-0.2, 0) is 23.6 Å². The van der Waals surface area contributed by atoms with Crippen molar-refractivity contribution in [1.29, 1.82) is 0 Å². The molecule has 2 amide bonds. The SMILES string of the molecule is CC(=O)N(C)CNC1CCN(C(=O)c2cc(C(F)(F)F)cc(C(F)(F)F)c2)C(Cc2ccccc2)C1.Cl. The minimum absolute atomic E-state index is 0. The van der Waals surface area contributed by atoms with E-state index in [1.807, 2.05) is 30.3 Å². The number of nitrogens with zero attached hydrogens (tertiary/aromatic N) is 2. The molecule has 0 saturated carbocycles. The number of piperidine rings is 1. The van der Waals surface area contributed by atoms with Gasteiger partial charge in [-0.3, -0.25) is 14.9 Å². The van der Waals surface area contributed by atoms with Gasteiger partial charge >= 0.3 is 12.4 Å². The van der Waals surface area contributed by atoms with Gasteiger partial charge in [-0.1, -0.05) is 30.3 Å². The second kappa shape index (κ2) is 12.2. The molecule has 2 aromatic carbocycles. The van der Waals surface area contributed by atoms with Crippen LogP contribution in [0.1, 0.15) is 46.8 Å². The van der Waals surface area contributed by atoms with E-state index in [4.69, 9.17) is 0 Å². The Balaban J connectivity index is 0.00000481. The predicted octanol–water partition coefficient (Wildman–Crippen LogP) is 5.39. The number of nitrogens with one attached hydrogen (secondary N) is 1. The van der Waals surface area contributed by atoms with E-state index in [9.17, 15) is 35.9 Å². The van der Waals surface area contributed by atoms with Crippen molar-refractivity contribution >= 4 is 24.2 Å². The summed E-state index contributed by atoms with van der Waals surface area (Å²) in [5, 5.41) is 3.25. The maximum absolute atomic E-state index is 13.3. The van der Waals surface area contributed by atoms with Crippen molar-refractivity contribution in [1.82, 2.24) is 15.1 Å². The summed E-state index contributed by atoms with van der Waals surface area (Å²) in [6.45, 7) is 1.83. The van der Waals surface area contributed by atoms with Crippen LogP contribution < -0.4 is 5.32 Å². The van der Waals surface area contributed by atoms with Gasteiger partial charge < -0.3 is 9.80 Å². The number of halogens is 7. The third-order valence-corrected chi connectivity index (χ3v) is 6.28. The summed E-state index contributed by atoms with van der Waals surface area (Å²) < 4.78 is 80.0. The highest BCUT2D eigenvalue weighted by Gasteiger charge is 2.39. The van der Waals surface area contributed by atoms with E-state index < -0.39 is 41.0 Å². The molecule has 0 radical (unpaired) electrons. The van der Waals surface area contributed by atoms with Crippen molar-refractivity contribution < 1.29 is 35.9 Å². The van der Waals surface area contributed by atoms with Crippen LogP contribution in [0, 0.1) is 0 Å². The Labute approximate surface area is 217 Å². The molecule has 2 unspecified atom stereocenters. The molecule has 37 heavy (non-hydrogen) atoms. The molecule has 2 atom stereocenters. The van der Waals surface area contributed by atoms with E-state index in [1.165, 1.54) is 16.7 Å². The van der Waals surface area contributed by atoms with Crippen LogP contribution in [0.4, 0.5) is 26.3 Å². The van der Waals surface area contributed by atoms with Crippen LogP contribution in [0.25, 0.3) is 0 Å². The van der Waals surface area contributed by atoms with Crippen molar-refractivity contribution in [2.45, 2.75) is 50.6 Å². The Bertz CT molecular complexity index is 1050. The summed E-state index contributed by atoms with van der Waals surface area (Å²) >= 11 is 0. The molecule has 204 valence electrons. The maximum Gasteiger partial charge on any atom is 0.416 e. The highest BCUT2D eigenvalue weighted by Crippen LogP contribution is 2.37. The van der Waals surface area contributed by atoms with Crippen molar-refractivity contribution in [2.75, 3.05) is 20.3 Å². The average molecular weight is 552 g/mol. The second-order valence-corrected chi connectivity index (χ2v) is 8.94. The van der Waals surface area contributed by atoms with E-state index in [2.05, 4.69) is 5.32 Å². The lowest BCUT2D eigenvalue weighted by atomic mass is 9.91. The first-order valence-electron chi connectivity index (χ1n) is 11.3. The average Bonchev–Trinajstić information content (AvgIpc) is 2.81. The maximum atomic E-state index is 13.3. The molecule has 1 fully saturated rings. The van der Waals surface area contributed by atoms with Crippen LogP contribution in [0.2, 0.25) is 0 Å². The normalized spacial score (nSPS) is 18.2. The van der Waals surface area contributed by atoms with Gasteiger partial charge in [0.25, 0.3) is 5.91 Å². The van der Waals surface area contributed by atoms with E-state index in [0.717, 1.165) is 5.56 Å². The number of carbonyl (C=O) groups excluding carboxylic acids is 2. The molecule has 0 spiro atoms. The van der Waals surface area contributed by atoms with Crippen LogP contribution in [0.3, 0.4) is 0 Å². The summed E-state index contributed by atoms with van der Waals surface area (Å²) in [5.74, 6) is -1.02. The van der Waals surface area contributed by atoms with Gasteiger partial charge in [0.2, 0.25) is 5.91 Å². The molecule has 0 aromatic heterocycles. The van der Waals surface area contributed by atoms with E-state index in [1.54, 1.807) is 7.05 Å². The molecule has 1 aliphatic rings. The van der Waals surface area contributed by atoms with Crippen LogP contribution in [-0.4, -0.2) is 54.0 Å². The molecule has 0 bridgehead atoms. The Morgan fingerprint density at radius 2 is 1.57 bits per heavy atom. The number of carbonyl (C=O) groups is 2. The van der Waals surface area contributed by atoms with Gasteiger partial charge in [-0.2, -0.15) is 26.3 Å². The molecule has 1 heterocycles. The number of hydrogen-bond donors (Lipinski definition) is 1. The van der Waals surface area contributed by atoms with E-state index >= 15 is 0 Å². The lowest BCUT2D eigenvalue weighted by Gasteiger charge is -2.40. The Morgan fingerprint density at radius 3 is 2.08 bits per heavy atom. The van der Waals surface area contributed by atoms with Crippen molar-refractivity contribution in [3.63, 3.8) is 0 Å². The van der Waals surface area contributed by atoms with E-state index in [0.29, 0.717) is 31.4 Å². The molecule has 1 aliphatic heterocycles. The molecular weight excluding hydrogens is 524 g/mol. The Kier molecular flexibility index (Phi) is 10.0. The molecule has 1 N–H and O–H groups in total. The summed E-state index contributed by atoms with van der Waals surface area (Å²) in [4.78, 5) is 27.7. The molecule has 12 heteroatoms. The molecule has 0 aliphatic carbocycles. The van der Waals surface area contributed by atoms with Gasteiger partial charge in [-0.15, -0.1) is 12.4 Å². The number of rotatable bonds is 6. The first kappa shape index (κ1) is 30.4. The zero-order chi connectivity index (χ0) is 26.7. The number of benzene rings is 2. The largest absolute Gasteiger partial charge is 0.416 e. The highest BCUT2D eigenvalue weighted by molar-refractivity contribution is 5.95. The predicted molar refractivity (Wildman–Crippen MR) is 128 cm³/mol. The molecule has 3 rings (SSSR count). The van der Waals surface area contributed by atoms with Gasteiger partial charge in [-0.05, 0) is 43.0 Å². The van der Waals surface area contributed by atoms with Crippen LogP contribution in [0.5, 0.6) is 0 Å². The first-order valence-corrected chi connectivity index (χ1v) is 11.3. The van der Waals surface area contributed by atoms with Crippen LogP contribution in [0.15, 0.2) is 48.5 Å². The lowest BCUT2D eigenvalue weighted by Crippen LogP contribution is -2.53. The molecular formula is C25H28ClF6N3O2. The minimum Gasteiger partial charge on any atom is -0.335 e. The number of hydrogen-bond acceptors (Lipinski definition) is 3. The second-order valence-electron chi connectivity index (χ2n) is 8.94. The third kappa shape index (κ3) is 8.10. The van der Waals surface area contributed by atoms with Gasteiger partial charge in [-0.25, -0.2) is 0 Å². The van der Waals surface area contributed by atoms with Gasteiger partial charge in [0, 0.05) is 38.2 Å². The van der Waals surface area contributed by atoms with E-state index in [-0.39, 0.29) is 43.6 Å². The van der Waals surface area contributed by atoms with Gasteiger partial charge in [0.05, 0.1) is 17.8 Å². The zero-order valence-electron chi connectivity index (χ0n) is 20.2.